The third kappa shape index (κ3) is 3.46. The lowest BCUT2D eigenvalue weighted by Crippen LogP contribution is -2.25. The Hall–Kier alpha value is -2.11. The lowest BCUT2D eigenvalue weighted by molar-refractivity contribution is 0.0786. The van der Waals surface area contributed by atoms with Gasteiger partial charge in [-0.1, -0.05) is 11.6 Å². The monoisotopic (exact) mass is 345 g/mol. The zero-order valence-electron chi connectivity index (χ0n) is 12.9. The lowest BCUT2D eigenvalue weighted by atomic mass is 10.2. The molecule has 0 atom stereocenters. The molecule has 0 spiro atoms. The Kier molecular flexibility index (Phi) is 4.50. The number of aryl methyl sites for hydroxylation is 1. The number of hydrogen-bond acceptors (Lipinski definition) is 3. The molecular formula is C17H16ClN3OS. The number of aromatic nitrogens is 2. The number of carbonyl (C=O) groups is 1. The minimum Gasteiger partial charge on any atom is -0.337 e. The van der Waals surface area contributed by atoms with Gasteiger partial charge in [-0.05, 0) is 49.4 Å². The molecule has 4 nitrogen and oxygen atoms in total. The summed E-state index contributed by atoms with van der Waals surface area (Å²) in [7, 11) is 1.79. The fraction of sp³-hybridized carbons (Fsp3) is 0.176. The maximum Gasteiger partial charge on any atom is 0.253 e. The number of benzene rings is 1. The van der Waals surface area contributed by atoms with E-state index in [0.29, 0.717) is 12.1 Å². The summed E-state index contributed by atoms with van der Waals surface area (Å²) in [5, 5.41) is 4.26. The largest absolute Gasteiger partial charge is 0.337 e. The number of thiophene rings is 1. The van der Waals surface area contributed by atoms with Gasteiger partial charge in [0, 0.05) is 29.4 Å². The smallest absolute Gasteiger partial charge is 0.253 e. The van der Waals surface area contributed by atoms with Crippen LogP contribution in [0.3, 0.4) is 0 Å². The molecule has 3 rings (SSSR count). The molecule has 118 valence electrons. The number of halogens is 1. The Labute approximate surface area is 143 Å². The van der Waals surface area contributed by atoms with Crippen molar-refractivity contribution < 1.29 is 4.79 Å². The van der Waals surface area contributed by atoms with Gasteiger partial charge in [0.25, 0.3) is 5.91 Å². The molecule has 0 aliphatic rings. The van der Waals surface area contributed by atoms with Gasteiger partial charge in [-0.3, -0.25) is 4.79 Å². The summed E-state index contributed by atoms with van der Waals surface area (Å²) in [5.74, 6) is -0.0155. The summed E-state index contributed by atoms with van der Waals surface area (Å²) in [5.41, 5.74) is 2.65. The summed E-state index contributed by atoms with van der Waals surface area (Å²) in [6.07, 6.45) is 1.76. The standard InChI is InChI=1S/C17H16ClN3OS/c1-12-9-10-19-21(12)14-5-3-13(4-6-14)17(22)20(2)11-15-7-8-16(18)23-15/h3-10H,11H2,1-2H3. The molecule has 1 amide bonds. The highest BCUT2D eigenvalue weighted by atomic mass is 35.5. The van der Waals surface area contributed by atoms with E-state index in [1.165, 1.54) is 11.3 Å². The molecule has 0 N–H and O–H groups in total. The van der Waals surface area contributed by atoms with E-state index in [1.807, 2.05) is 54.1 Å². The Morgan fingerprint density at radius 1 is 1.22 bits per heavy atom. The van der Waals surface area contributed by atoms with Gasteiger partial charge in [-0.2, -0.15) is 5.10 Å². The van der Waals surface area contributed by atoms with Crippen LogP contribution in [-0.4, -0.2) is 27.6 Å². The Morgan fingerprint density at radius 2 is 1.96 bits per heavy atom. The maximum atomic E-state index is 12.5. The fourth-order valence-corrected chi connectivity index (χ4v) is 3.49. The second-order valence-corrected chi connectivity index (χ2v) is 7.10. The van der Waals surface area contributed by atoms with E-state index in [1.54, 1.807) is 18.1 Å². The highest BCUT2D eigenvalue weighted by molar-refractivity contribution is 7.16. The van der Waals surface area contributed by atoms with Crippen molar-refractivity contribution in [1.29, 1.82) is 0 Å². The summed E-state index contributed by atoms with van der Waals surface area (Å²) in [6.45, 7) is 2.54. The lowest BCUT2D eigenvalue weighted by Gasteiger charge is -2.16. The molecule has 0 fully saturated rings. The number of nitrogens with zero attached hydrogens (tertiary/aromatic N) is 3. The molecule has 0 saturated heterocycles. The van der Waals surface area contributed by atoms with Crippen LogP contribution in [0.1, 0.15) is 20.9 Å². The molecule has 1 aromatic carbocycles. The zero-order chi connectivity index (χ0) is 16.4. The molecule has 6 heteroatoms. The van der Waals surface area contributed by atoms with E-state index in [0.717, 1.165) is 20.6 Å². The molecule has 0 aliphatic carbocycles. The van der Waals surface area contributed by atoms with Crippen LogP contribution in [0, 0.1) is 6.92 Å². The average molecular weight is 346 g/mol. The number of amides is 1. The normalized spacial score (nSPS) is 10.7. The van der Waals surface area contributed by atoms with Crippen LogP contribution in [0.15, 0.2) is 48.7 Å². The Morgan fingerprint density at radius 3 is 2.52 bits per heavy atom. The summed E-state index contributed by atoms with van der Waals surface area (Å²) < 4.78 is 2.57. The third-order valence-electron chi connectivity index (χ3n) is 3.56. The van der Waals surface area contributed by atoms with Crippen LogP contribution >= 0.6 is 22.9 Å². The minimum atomic E-state index is -0.0155. The quantitative estimate of drug-likeness (QED) is 0.711. The van der Waals surface area contributed by atoms with Crippen molar-refractivity contribution in [3.8, 4) is 5.69 Å². The summed E-state index contributed by atoms with van der Waals surface area (Å²) in [6, 6.07) is 13.2. The first-order valence-corrected chi connectivity index (χ1v) is 8.35. The van der Waals surface area contributed by atoms with E-state index in [4.69, 9.17) is 11.6 Å². The molecule has 2 heterocycles. The predicted octanol–water partition coefficient (Wildman–Crippen LogP) is 4.17. The van der Waals surface area contributed by atoms with Gasteiger partial charge in [0.15, 0.2) is 0 Å². The maximum absolute atomic E-state index is 12.5. The van der Waals surface area contributed by atoms with Crippen LogP contribution in [-0.2, 0) is 6.54 Å². The first-order chi connectivity index (χ1) is 11.0. The van der Waals surface area contributed by atoms with Gasteiger partial charge in [-0.25, -0.2) is 4.68 Å². The van der Waals surface area contributed by atoms with Crippen molar-refractivity contribution in [2.75, 3.05) is 7.05 Å². The van der Waals surface area contributed by atoms with Crippen LogP contribution in [0.5, 0.6) is 0 Å². The molecule has 3 aromatic rings. The van der Waals surface area contributed by atoms with E-state index < -0.39 is 0 Å². The van der Waals surface area contributed by atoms with Crippen LogP contribution < -0.4 is 0 Å². The molecular weight excluding hydrogens is 330 g/mol. The summed E-state index contributed by atoms with van der Waals surface area (Å²) in [4.78, 5) is 15.3. The van der Waals surface area contributed by atoms with Crippen molar-refractivity contribution in [1.82, 2.24) is 14.7 Å². The van der Waals surface area contributed by atoms with Gasteiger partial charge in [0.2, 0.25) is 0 Å². The van der Waals surface area contributed by atoms with Crippen molar-refractivity contribution in [2.45, 2.75) is 13.5 Å². The average Bonchev–Trinajstić information content (AvgIpc) is 3.15. The van der Waals surface area contributed by atoms with Gasteiger partial charge in [0.05, 0.1) is 16.6 Å². The van der Waals surface area contributed by atoms with Gasteiger partial charge < -0.3 is 4.90 Å². The van der Waals surface area contributed by atoms with Crippen LogP contribution in [0.4, 0.5) is 0 Å². The first kappa shape index (κ1) is 15.8. The SMILES string of the molecule is Cc1ccnn1-c1ccc(C(=O)N(C)Cc2ccc(Cl)s2)cc1. The van der Waals surface area contributed by atoms with Gasteiger partial charge >= 0.3 is 0 Å². The van der Waals surface area contributed by atoms with E-state index in [-0.39, 0.29) is 5.91 Å². The van der Waals surface area contributed by atoms with E-state index in [9.17, 15) is 4.79 Å². The minimum absolute atomic E-state index is 0.0155. The summed E-state index contributed by atoms with van der Waals surface area (Å²) >= 11 is 7.42. The molecule has 23 heavy (non-hydrogen) atoms. The van der Waals surface area contributed by atoms with Crippen molar-refractivity contribution >= 4 is 28.8 Å². The molecule has 0 aliphatic heterocycles. The highest BCUT2D eigenvalue weighted by Gasteiger charge is 2.13. The number of rotatable bonds is 4. The van der Waals surface area contributed by atoms with Gasteiger partial charge in [0.1, 0.15) is 0 Å². The zero-order valence-corrected chi connectivity index (χ0v) is 14.4. The number of hydrogen-bond donors (Lipinski definition) is 0. The Balaban J connectivity index is 1.73. The second kappa shape index (κ2) is 6.56. The second-order valence-electron chi connectivity index (χ2n) is 5.30. The third-order valence-corrected chi connectivity index (χ3v) is 4.78. The van der Waals surface area contributed by atoms with E-state index >= 15 is 0 Å². The Bertz CT molecular complexity index is 822. The predicted molar refractivity (Wildman–Crippen MR) is 93.4 cm³/mol. The first-order valence-electron chi connectivity index (χ1n) is 7.15. The van der Waals surface area contributed by atoms with Gasteiger partial charge in [-0.15, -0.1) is 11.3 Å². The molecule has 0 radical (unpaired) electrons. The van der Waals surface area contributed by atoms with Crippen LogP contribution in [0.25, 0.3) is 5.69 Å². The van der Waals surface area contributed by atoms with E-state index in [2.05, 4.69) is 5.10 Å². The van der Waals surface area contributed by atoms with Crippen molar-refractivity contribution in [3.05, 3.63) is 69.1 Å². The fourth-order valence-electron chi connectivity index (χ4n) is 2.35. The molecule has 0 saturated carbocycles. The number of carbonyl (C=O) groups excluding carboxylic acids is 1. The molecule has 0 unspecified atom stereocenters. The molecule has 0 bridgehead atoms. The van der Waals surface area contributed by atoms with Crippen molar-refractivity contribution in [3.63, 3.8) is 0 Å². The van der Waals surface area contributed by atoms with Crippen molar-refractivity contribution in [2.24, 2.45) is 0 Å². The van der Waals surface area contributed by atoms with Crippen LogP contribution in [0.2, 0.25) is 4.34 Å². The molecule has 2 aromatic heterocycles. The topological polar surface area (TPSA) is 38.1 Å². The highest BCUT2D eigenvalue weighted by Crippen LogP contribution is 2.23.